The Morgan fingerprint density at radius 3 is 2.56 bits per heavy atom. The Hall–Kier alpha value is -2.79. The zero-order valence-corrected chi connectivity index (χ0v) is 16.3. The summed E-state index contributed by atoms with van der Waals surface area (Å²) in [5.74, 6) is 0.579. The van der Waals surface area contributed by atoms with Crippen LogP contribution in [0, 0.1) is 0 Å². The summed E-state index contributed by atoms with van der Waals surface area (Å²) in [5.41, 5.74) is 2.67. The van der Waals surface area contributed by atoms with Gasteiger partial charge in [-0.15, -0.1) is 0 Å². The van der Waals surface area contributed by atoms with E-state index >= 15 is 0 Å². The minimum atomic E-state index is -0.184. The first kappa shape index (κ1) is 19.0. The van der Waals surface area contributed by atoms with E-state index in [1.807, 2.05) is 56.3 Å². The van der Waals surface area contributed by atoms with E-state index < -0.39 is 0 Å². The molecule has 0 spiro atoms. The molecular weight excluding hydrogens is 362 g/mol. The van der Waals surface area contributed by atoms with Gasteiger partial charge in [-0.1, -0.05) is 30.7 Å². The van der Waals surface area contributed by atoms with Crippen LogP contribution < -0.4 is 10.1 Å². The number of carbonyl (C=O) groups is 1. The fraction of sp³-hybridized carbons (Fsp3) is 0.238. The molecule has 0 aliphatic heterocycles. The van der Waals surface area contributed by atoms with E-state index in [9.17, 15) is 4.79 Å². The number of halogens is 1. The maximum absolute atomic E-state index is 12.8. The second kappa shape index (κ2) is 8.27. The van der Waals surface area contributed by atoms with Crippen molar-refractivity contribution in [1.29, 1.82) is 0 Å². The molecule has 0 aliphatic rings. The van der Waals surface area contributed by atoms with Gasteiger partial charge in [0.2, 0.25) is 0 Å². The van der Waals surface area contributed by atoms with E-state index in [1.54, 1.807) is 23.9 Å². The van der Waals surface area contributed by atoms with Crippen molar-refractivity contribution in [2.24, 2.45) is 0 Å². The predicted molar refractivity (Wildman–Crippen MR) is 108 cm³/mol. The number of methoxy groups -OCH3 is 1. The molecule has 0 saturated heterocycles. The molecule has 1 heterocycles. The highest BCUT2D eigenvalue weighted by molar-refractivity contribution is 6.32. The maximum Gasteiger partial charge on any atom is 0.270 e. The fourth-order valence-corrected chi connectivity index (χ4v) is 2.87. The van der Waals surface area contributed by atoms with Gasteiger partial charge in [0.15, 0.2) is 0 Å². The summed E-state index contributed by atoms with van der Waals surface area (Å²) in [5, 5.41) is 8.17. The summed E-state index contributed by atoms with van der Waals surface area (Å²) in [6.45, 7) is 4.00. The number of ether oxygens (including phenoxy) is 1. The van der Waals surface area contributed by atoms with Crippen LogP contribution in [0.25, 0.3) is 16.9 Å². The molecule has 3 aromatic rings. The van der Waals surface area contributed by atoms with Crippen molar-refractivity contribution in [3.05, 3.63) is 65.3 Å². The minimum absolute atomic E-state index is 0.0662. The lowest BCUT2D eigenvalue weighted by Crippen LogP contribution is -2.33. The average Bonchev–Trinajstić information content (AvgIpc) is 3.13. The molecule has 1 amide bonds. The van der Waals surface area contributed by atoms with Gasteiger partial charge in [-0.2, -0.15) is 5.10 Å². The maximum atomic E-state index is 12.8. The van der Waals surface area contributed by atoms with Gasteiger partial charge in [-0.3, -0.25) is 4.79 Å². The molecule has 27 heavy (non-hydrogen) atoms. The van der Waals surface area contributed by atoms with Gasteiger partial charge < -0.3 is 10.1 Å². The Morgan fingerprint density at radius 2 is 1.93 bits per heavy atom. The molecule has 0 aliphatic carbocycles. The average molecular weight is 384 g/mol. The first-order chi connectivity index (χ1) is 13.0. The highest BCUT2D eigenvalue weighted by Gasteiger charge is 2.20. The quantitative estimate of drug-likeness (QED) is 0.669. The van der Waals surface area contributed by atoms with Gasteiger partial charge in [-0.05, 0) is 55.8 Å². The summed E-state index contributed by atoms with van der Waals surface area (Å²) in [6, 6.07) is 16.7. The highest BCUT2D eigenvalue weighted by Crippen LogP contribution is 2.26. The standard InChI is InChI=1S/C21H22ClN3O2/c1-4-14(2)23-21(26)20-13-18(15-9-11-16(27-3)12-10-15)24-25(20)19-8-6-5-7-17(19)22/h5-14H,4H2,1-3H3,(H,23,26)/t14-/m0/s1. The molecule has 1 atom stereocenters. The number of amides is 1. The lowest BCUT2D eigenvalue weighted by atomic mass is 10.1. The third-order valence-electron chi connectivity index (χ3n) is 4.40. The molecule has 2 aromatic carbocycles. The van der Waals surface area contributed by atoms with Crippen molar-refractivity contribution in [2.45, 2.75) is 26.3 Å². The Labute approximate surface area is 163 Å². The zero-order chi connectivity index (χ0) is 19.4. The van der Waals surface area contributed by atoms with Crippen LogP contribution in [0.1, 0.15) is 30.8 Å². The molecule has 0 unspecified atom stereocenters. The van der Waals surface area contributed by atoms with Gasteiger partial charge in [0.1, 0.15) is 11.4 Å². The third kappa shape index (κ3) is 4.14. The van der Waals surface area contributed by atoms with Crippen molar-refractivity contribution in [3.8, 4) is 22.7 Å². The molecule has 5 nitrogen and oxygen atoms in total. The number of nitrogens with one attached hydrogen (secondary N) is 1. The number of hydrogen-bond donors (Lipinski definition) is 1. The number of aromatic nitrogens is 2. The van der Waals surface area contributed by atoms with Crippen LogP contribution in [0.3, 0.4) is 0 Å². The van der Waals surface area contributed by atoms with Gasteiger partial charge >= 0.3 is 0 Å². The van der Waals surface area contributed by atoms with Crippen LogP contribution in [0.4, 0.5) is 0 Å². The summed E-state index contributed by atoms with van der Waals surface area (Å²) in [4.78, 5) is 12.8. The number of rotatable bonds is 6. The second-order valence-electron chi connectivity index (χ2n) is 6.29. The lowest BCUT2D eigenvalue weighted by molar-refractivity contribution is 0.0931. The van der Waals surface area contributed by atoms with Crippen LogP contribution in [-0.2, 0) is 0 Å². The fourth-order valence-electron chi connectivity index (χ4n) is 2.65. The first-order valence-electron chi connectivity index (χ1n) is 8.83. The Morgan fingerprint density at radius 1 is 1.22 bits per heavy atom. The van der Waals surface area contributed by atoms with Gasteiger partial charge in [0.25, 0.3) is 5.91 Å². The molecule has 0 bridgehead atoms. The molecular formula is C21H22ClN3O2. The van der Waals surface area contributed by atoms with E-state index in [4.69, 9.17) is 16.3 Å². The summed E-state index contributed by atoms with van der Waals surface area (Å²) in [6.07, 6.45) is 0.845. The third-order valence-corrected chi connectivity index (χ3v) is 4.72. The normalized spacial score (nSPS) is 11.9. The van der Waals surface area contributed by atoms with E-state index in [-0.39, 0.29) is 11.9 Å². The van der Waals surface area contributed by atoms with Crippen LogP contribution in [-0.4, -0.2) is 28.8 Å². The van der Waals surface area contributed by atoms with Gasteiger partial charge in [0.05, 0.1) is 23.5 Å². The number of hydrogen-bond acceptors (Lipinski definition) is 3. The van der Waals surface area contributed by atoms with Crippen molar-refractivity contribution >= 4 is 17.5 Å². The Kier molecular flexibility index (Phi) is 5.81. The molecule has 140 valence electrons. The van der Waals surface area contributed by atoms with Gasteiger partial charge in [0, 0.05) is 11.6 Å². The van der Waals surface area contributed by atoms with Crippen molar-refractivity contribution in [1.82, 2.24) is 15.1 Å². The summed E-state index contributed by atoms with van der Waals surface area (Å²) >= 11 is 6.35. The Bertz CT molecular complexity index is 935. The monoisotopic (exact) mass is 383 g/mol. The highest BCUT2D eigenvalue weighted by atomic mass is 35.5. The molecule has 3 rings (SSSR count). The van der Waals surface area contributed by atoms with Crippen LogP contribution in [0.5, 0.6) is 5.75 Å². The van der Waals surface area contributed by atoms with E-state index in [0.717, 1.165) is 17.7 Å². The van der Waals surface area contributed by atoms with Gasteiger partial charge in [-0.25, -0.2) is 4.68 Å². The predicted octanol–water partition coefficient (Wildman–Crippen LogP) is 4.73. The number of para-hydroxylation sites is 1. The van der Waals surface area contributed by atoms with E-state index in [1.165, 1.54) is 0 Å². The summed E-state index contributed by atoms with van der Waals surface area (Å²) in [7, 11) is 1.62. The van der Waals surface area contributed by atoms with Crippen LogP contribution >= 0.6 is 11.6 Å². The molecule has 0 fully saturated rings. The largest absolute Gasteiger partial charge is 0.497 e. The zero-order valence-electron chi connectivity index (χ0n) is 15.6. The van der Waals surface area contributed by atoms with Crippen molar-refractivity contribution in [2.75, 3.05) is 7.11 Å². The van der Waals surface area contributed by atoms with Crippen molar-refractivity contribution < 1.29 is 9.53 Å². The van der Waals surface area contributed by atoms with Crippen LogP contribution in [0.15, 0.2) is 54.6 Å². The molecule has 6 heteroatoms. The van der Waals surface area contributed by atoms with E-state index in [0.29, 0.717) is 22.1 Å². The minimum Gasteiger partial charge on any atom is -0.497 e. The lowest BCUT2D eigenvalue weighted by Gasteiger charge is -2.13. The first-order valence-corrected chi connectivity index (χ1v) is 9.21. The molecule has 0 radical (unpaired) electrons. The topological polar surface area (TPSA) is 56.1 Å². The molecule has 1 aromatic heterocycles. The second-order valence-corrected chi connectivity index (χ2v) is 6.70. The number of benzene rings is 2. The Balaban J connectivity index is 2.08. The molecule has 1 N–H and O–H groups in total. The number of carbonyl (C=O) groups excluding carboxylic acids is 1. The van der Waals surface area contributed by atoms with Crippen molar-refractivity contribution in [3.63, 3.8) is 0 Å². The smallest absolute Gasteiger partial charge is 0.270 e. The number of nitrogens with zero attached hydrogens (tertiary/aromatic N) is 2. The SMILES string of the molecule is CC[C@H](C)NC(=O)c1cc(-c2ccc(OC)cc2)nn1-c1ccccc1Cl. The molecule has 0 saturated carbocycles. The summed E-state index contributed by atoms with van der Waals surface area (Å²) < 4.78 is 6.80. The van der Waals surface area contributed by atoms with E-state index in [2.05, 4.69) is 10.4 Å². The van der Waals surface area contributed by atoms with Crippen LogP contribution in [0.2, 0.25) is 5.02 Å².